The van der Waals surface area contributed by atoms with Gasteiger partial charge in [0.15, 0.2) is 12.4 Å². The lowest BCUT2D eigenvalue weighted by molar-refractivity contribution is -0.142. The minimum Gasteiger partial charge on any atom is -0.457 e. The van der Waals surface area contributed by atoms with Gasteiger partial charge in [0.05, 0.1) is 4.90 Å². The Morgan fingerprint density at radius 2 is 1.78 bits per heavy atom. The predicted octanol–water partition coefficient (Wildman–Crippen LogP) is 2.89. The van der Waals surface area contributed by atoms with E-state index < -0.39 is 16.0 Å². The van der Waals surface area contributed by atoms with Gasteiger partial charge in [0.1, 0.15) is 0 Å². The summed E-state index contributed by atoms with van der Waals surface area (Å²) in [5.74, 6) is -0.785. The molecule has 0 atom stereocenters. The van der Waals surface area contributed by atoms with Crippen LogP contribution in [0.3, 0.4) is 0 Å². The molecule has 1 aliphatic rings. The second-order valence-electron chi connectivity index (χ2n) is 6.35. The summed E-state index contributed by atoms with van der Waals surface area (Å²) in [6.45, 7) is 0.718. The van der Waals surface area contributed by atoms with Crippen LogP contribution < -0.4 is 0 Å². The van der Waals surface area contributed by atoms with E-state index in [-0.39, 0.29) is 23.7 Å². The lowest BCUT2D eigenvalue weighted by Gasteiger charge is -2.15. The van der Waals surface area contributed by atoms with Crippen LogP contribution in [0.15, 0.2) is 46.0 Å². The minimum atomic E-state index is -3.50. The average molecular weight is 408 g/mol. The normalized spacial score (nSPS) is 15.0. The molecule has 0 radical (unpaired) electrons. The van der Waals surface area contributed by atoms with Gasteiger partial charge in [0.25, 0.3) is 0 Å². The highest BCUT2D eigenvalue weighted by molar-refractivity contribution is 7.89. The van der Waals surface area contributed by atoms with E-state index in [1.807, 2.05) is 16.8 Å². The molecule has 144 valence electrons. The molecule has 2 aromatic rings. The molecule has 0 N–H and O–H groups in total. The van der Waals surface area contributed by atoms with Gasteiger partial charge in [-0.15, -0.1) is 0 Å². The molecule has 3 rings (SSSR count). The Morgan fingerprint density at radius 1 is 1.07 bits per heavy atom. The SMILES string of the molecule is O=C(CCc1ccsc1)OCC(=O)c1ccc(S(=O)(=O)N2CCCC2)cc1. The highest BCUT2D eigenvalue weighted by atomic mass is 32.2. The molecule has 27 heavy (non-hydrogen) atoms. The van der Waals surface area contributed by atoms with Crippen molar-refractivity contribution in [1.29, 1.82) is 0 Å². The summed E-state index contributed by atoms with van der Waals surface area (Å²) in [5, 5.41) is 3.91. The third-order valence-corrected chi connectivity index (χ3v) is 7.09. The Labute approximate surface area is 162 Å². The summed E-state index contributed by atoms with van der Waals surface area (Å²) >= 11 is 1.57. The first-order chi connectivity index (χ1) is 13.0. The second-order valence-corrected chi connectivity index (χ2v) is 9.07. The van der Waals surface area contributed by atoms with E-state index in [9.17, 15) is 18.0 Å². The first-order valence-electron chi connectivity index (χ1n) is 8.77. The Morgan fingerprint density at radius 3 is 2.41 bits per heavy atom. The summed E-state index contributed by atoms with van der Waals surface area (Å²) in [7, 11) is -3.50. The van der Waals surface area contributed by atoms with Crippen molar-refractivity contribution in [3.8, 4) is 0 Å². The maximum Gasteiger partial charge on any atom is 0.306 e. The lowest BCUT2D eigenvalue weighted by Crippen LogP contribution is -2.27. The largest absolute Gasteiger partial charge is 0.457 e. The van der Waals surface area contributed by atoms with Gasteiger partial charge in [-0.05, 0) is 65.9 Å². The summed E-state index contributed by atoms with van der Waals surface area (Å²) in [5.41, 5.74) is 1.39. The van der Waals surface area contributed by atoms with Crippen LogP contribution in [0.4, 0.5) is 0 Å². The zero-order chi connectivity index (χ0) is 19.3. The van der Waals surface area contributed by atoms with E-state index in [1.54, 1.807) is 11.3 Å². The number of ether oxygens (including phenoxy) is 1. The van der Waals surface area contributed by atoms with E-state index in [0.717, 1.165) is 18.4 Å². The summed E-state index contributed by atoms with van der Waals surface area (Å²) in [6, 6.07) is 7.73. The number of thiophene rings is 1. The van der Waals surface area contributed by atoms with Crippen molar-refractivity contribution >= 4 is 33.1 Å². The average Bonchev–Trinajstić information content (AvgIpc) is 3.38. The monoisotopic (exact) mass is 407 g/mol. The third-order valence-electron chi connectivity index (χ3n) is 4.44. The van der Waals surface area contributed by atoms with Gasteiger partial charge < -0.3 is 4.74 Å². The van der Waals surface area contributed by atoms with Gasteiger partial charge in [-0.25, -0.2) is 8.42 Å². The summed E-state index contributed by atoms with van der Waals surface area (Å²) < 4.78 is 31.4. The van der Waals surface area contributed by atoms with Gasteiger partial charge in [0.2, 0.25) is 10.0 Å². The molecule has 6 nitrogen and oxygen atoms in total. The van der Waals surface area contributed by atoms with Gasteiger partial charge in [-0.2, -0.15) is 15.6 Å². The fourth-order valence-electron chi connectivity index (χ4n) is 2.87. The van der Waals surface area contributed by atoms with Crippen LogP contribution >= 0.6 is 11.3 Å². The topological polar surface area (TPSA) is 80.8 Å². The molecule has 1 aromatic heterocycles. The molecule has 2 heterocycles. The van der Waals surface area contributed by atoms with Crippen LogP contribution in [0.1, 0.15) is 35.2 Å². The number of sulfonamides is 1. The highest BCUT2D eigenvalue weighted by Crippen LogP contribution is 2.21. The molecule has 0 saturated carbocycles. The zero-order valence-corrected chi connectivity index (χ0v) is 16.4. The number of aryl methyl sites for hydroxylation is 1. The molecule has 0 spiro atoms. The number of esters is 1. The van der Waals surface area contributed by atoms with Gasteiger partial charge in [-0.3, -0.25) is 9.59 Å². The van der Waals surface area contributed by atoms with E-state index in [0.29, 0.717) is 25.1 Å². The van der Waals surface area contributed by atoms with Crippen LogP contribution in [0.2, 0.25) is 0 Å². The number of hydrogen-bond donors (Lipinski definition) is 0. The second kappa shape index (κ2) is 8.77. The Kier molecular flexibility index (Phi) is 6.41. The molecular formula is C19H21NO5S2. The summed E-state index contributed by atoms with van der Waals surface area (Å²) in [6.07, 6.45) is 2.54. The number of benzene rings is 1. The smallest absolute Gasteiger partial charge is 0.306 e. The fourth-order valence-corrected chi connectivity index (χ4v) is 5.09. The van der Waals surface area contributed by atoms with Gasteiger partial charge >= 0.3 is 5.97 Å². The van der Waals surface area contributed by atoms with Crippen molar-refractivity contribution in [1.82, 2.24) is 4.31 Å². The van der Waals surface area contributed by atoms with Crippen molar-refractivity contribution < 1.29 is 22.7 Å². The first-order valence-corrected chi connectivity index (χ1v) is 11.2. The highest BCUT2D eigenvalue weighted by Gasteiger charge is 2.27. The number of rotatable bonds is 8. The Balaban J connectivity index is 1.52. The van der Waals surface area contributed by atoms with E-state index in [1.165, 1.54) is 28.6 Å². The van der Waals surface area contributed by atoms with Crippen molar-refractivity contribution in [3.63, 3.8) is 0 Å². The number of ketones is 1. The number of nitrogens with zero attached hydrogens (tertiary/aromatic N) is 1. The van der Waals surface area contributed by atoms with E-state index in [4.69, 9.17) is 4.74 Å². The Bertz CT molecular complexity index is 883. The zero-order valence-electron chi connectivity index (χ0n) is 14.8. The van der Waals surface area contributed by atoms with E-state index >= 15 is 0 Å². The number of hydrogen-bond acceptors (Lipinski definition) is 6. The van der Waals surface area contributed by atoms with Crippen LogP contribution in [0.25, 0.3) is 0 Å². The van der Waals surface area contributed by atoms with Crippen LogP contribution in [0.5, 0.6) is 0 Å². The number of carbonyl (C=O) groups excluding carboxylic acids is 2. The molecule has 1 aliphatic heterocycles. The Hall–Kier alpha value is -2.03. The molecule has 0 aliphatic carbocycles. The first kappa shape index (κ1) is 19.7. The van der Waals surface area contributed by atoms with Gasteiger partial charge in [0, 0.05) is 25.1 Å². The standard InChI is InChI=1S/C19H21NO5S2/c21-18(13-25-19(22)8-3-15-9-12-26-14-15)16-4-6-17(7-5-16)27(23,24)20-10-1-2-11-20/h4-7,9,12,14H,1-3,8,10-11,13H2. The molecule has 1 saturated heterocycles. The van der Waals surface area contributed by atoms with E-state index in [2.05, 4.69) is 0 Å². The number of Topliss-reactive ketones (excluding diaryl/α,β-unsaturated/α-hetero) is 1. The molecule has 0 bridgehead atoms. The molecule has 8 heteroatoms. The van der Waals surface area contributed by atoms with Crippen LogP contribution in [-0.2, 0) is 26.0 Å². The van der Waals surface area contributed by atoms with Crippen molar-refractivity contribution in [3.05, 3.63) is 52.2 Å². The minimum absolute atomic E-state index is 0.175. The summed E-state index contributed by atoms with van der Waals surface area (Å²) in [4.78, 5) is 24.1. The van der Waals surface area contributed by atoms with Crippen LogP contribution in [0, 0.1) is 0 Å². The third kappa shape index (κ3) is 5.03. The molecule has 0 amide bonds. The van der Waals surface area contributed by atoms with Crippen molar-refractivity contribution in [2.45, 2.75) is 30.6 Å². The van der Waals surface area contributed by atoms with Crippen LogP contribution in [-0.4, -0.2) is 44.2 Å². The van der Waals surface area contributed by atoms with Gasteiger partial charge in [-0.1, -0.05) is 0 Å². The van der Waals surface area contributed by atoms with Crippen molar-refractivity contribution in [2.24, 2.45) is 0 Å². The molecular weight excluding hydrogens is 386 g/mol. The quantitative estimate of drug-likeness (QED) is 0.496. The lowest BCUT2D eigenvalue weighted by atomic mass is 10.1. The molecule has 0 unspecified atom stereocenters. The predicted molar refractivity (Wildman–Crippen MR) is 102 cm³/mol. The maximum atomic E-state index is 12.5. The van der Waals surface area contributed by atoms with Crippen molar-refractivity contribution in [2.75, 3.05) is 19.7 Å². The maximum absolute atomic E-state index is 12.5. The fraction of sp³-hybridized carbons (Fsp3) is 0.368. The number of carbonyl (C=O) groups is 2. The molecule has 1 aromatic carbocycles. The molecule has 1 fully saturated rings.